The number of anilines is 1. The van der Waals surface area contributed by atoms with E-state index in [1.807, 2.05) is 6.07 Å². The van der Waals surface area contributed by atoms with Crippen molar-refractivity contribution < 1.29 is 4.74 Å². The highest BCUT2D eigenvalue weighted by atomic mass is 32.1. The predicted molar refractivity (Wildman–Crippen MR) is 89.5 cm³/mol. The van der Waals surface area contributed by atoms with E-state index in [1.54, 1.807) is 11.3 Å². The van der Waals surface area contributed by atoms with Crippen LogP contribution in [0.1, 0.15) is 26.7 Å². The van der Waals surface area contributed by atoms with Crippen LogP contribution in [-0.2, 0) is 0 Å². The van der Waals surface area contributed by atoms with Crippen molar-refractivity contribution in [3.63, 3.8) is 0 Å². The van der Waals surface area contributed by atoms with Crippen LogP contribution in [0, 0.1) is 5.92 Å². The lowest BCUT2D eigenvalue weighted by Crippen LogP contribution is -2.35. The number of nitrogens with zero attached hydrogens (tertiary/aromatic N) is 1. The number of nitrogens with one attached hydrogen (secondary N) is 2. The zero-order chi connectivity index (χ0) is 14.7. The molecule has 0 atom stereocenters. The molecule has 0 amide bonds. The molecule has 0 bridgehead atoms. The topological polar surface area (TPSA) is 46.2 Å². The second kappa shape index (κ2) is 6.62. The van der Waals surface area contributed by atoms with E-state index in [1.165, 1.54) is 17.5 Å². The number of thiazole rings is 1. The minimum atomic E-state index is 0.541. The van der Waals surface area contributed by atoms with E-state index < -0.39 is 0 Å². The van der Waals surface area contributed by atoms with Gasteiger partial charge in [-0.2, -0.15) is 0 Å². The van der Waals surface area contributed by atoms with Gasteiger partial charge in [0.25, 0.3) is 0 Å². The maximum absolute atomic E-state index is 5.78. The van der Waals surface area contributed by atoms with Gasteiger partial charge in [0.15, 0.2) is 5.13 Å². The molecule has 0 saturated carbocycles. The van der Waals surface area contributed by atoms with Crippen LogP contribution in [0.25, 0.3) is 10.2 Å². The molecule has 114 valence electrons. The van der Waals surface area contributed by atoms with Crippen LogP contribution in [0.3, 0.4) is 0 Å². The van der Waals surface area contributed by atoms with Gasteiger partial charge in [-0.1, -0.05) is 25.2 Å². The third kappa shape index (κ3) is 3.86. The number of hydrogen-bond acceptors (Lipinski definition) is 5. The Kier molecular flexibility index (Phi) is 4.60. The van der Waals surface area contributed by atoms with Crippen molar-refractivity contribution in [3.8, 4) is 5.75 Å². The van der Waals surface area contributed by atoms with Gasteiger partial charge in [-0.05, 0) is 50.0 Å². The molecule has 2 N–H and O–H groups in total. The van der Waals surface area contributed by atoms with Gasteiger partial charge in [0, 0.05) is 6.04 Å². The Bertz CT molecular complexity index is 590. The van der Waals surface area contributed by atoms with Gasteiger partial charge < -0.3 is 15.4 Å². The Hall–Kier alpha value is -1.33. The van der Waals surface area contributed by atoms with E-state index in [9.17, 15) is 0 Å². The Morgan fingerprint density at radius 2 is 2.19 bits per heavy atom. The number of piperidine rings is 1. The summed E-state index contributed by atoms with van der Waals surface area (Å²) in [5, 5.41) is 7.98. The molecule has 0 aliphatic carbocycles. The van der Waals surface area contributed by atoms with Crippen molar-refractivity contribution in [3.05, 3.63) is 18.2 Å². The SMILES string of the molecule is CC(C)COc1ccc2nc(NC3CCNCC3)sc2c1. The Balaban J connectivity index is 1.70. The molecule has 1 fully saturated rings. The van der Waals surface area contributed by atoms with E-state index in [0.717, 1.165) is 36.1 Å². The van der Waals surface area contributed by atoms with Crippen molar-refractivity contribution in [1.82, 2.24) is 10.3 Å². The first kappa shape index (κ1) is 14.6. The molecule has 1 aliphatic rings. The molecule has 0 unspecified atom stereocenters. The van der Waals surface area contributed by atoms with Gasteiger partial charge in [-0.3, -0.25) is 0 Å². The third-order valence-electron chi connectivity index (χ3n) is 3.61. The fourth-order valence-electron chi connectivity index (χ4n) is 2.46. The number of aromatic nitrogens is 1. The molecule has 0 spiro atoms. The first-order valence-corrected chi connectivity index (χ1v) is 8.53. The summed E-state index contributed by atoms with van der Waals surface area (Å²) in [6, 6.07) is 6.71. The number of rotatable bonds is 5. The normalized spacial score (nSPS) is 16.5. The summed E-state index contributed by atoms with van der Waals surface area (Å²) >= 11 is 1.72. The summed E-state index contributed by atoms with van der Waals surface area (Å²) in [6.45, 7) is 7.26. The molecule has 0 radical (unpaired) electrons. The Morgan fingerprint density at radius 1 is 1.38 bits per heavy atom. The smallest absolute Gasteiger partial charge is 0.184 e. The highest BCUT2D eigenvalue weighted by molar-refractivity contribution is 7.22. The summed E-state index contributed by atoms with van der Waals surface area (Å²) in [7, 11) is 0. The van der Waals surface area contributed by atoms with E-state index in [2.05, 4.69) is 41.6 Å². The van der Waals surface area contributed by atoms with Crippen LogP contribution in [0.2, 0.25) is 0 Å². The van der Waals surface area contributed by atoms with Crippen LogP contribution >= 0.6 is 11.3 Å². The van der Waals surface area contributed by atoms with Gasteiger partial charge >= 0.3 is 0 Å². The zero-order valence-electron chi connectivity index (χ0n) is 12.7. The molecule has 2 heterocycles. The van der Waals surface area contributed by atoms with Crippen molar-refractivity contribution >= 4 is 26.7 Å². The maximum atomic E-state index is 5.78. The Labute approximate surface area is 129 Å². The number of hydrogen-bond donors (Lipinski definition) is 2. The Morgan fingerprint density at radius 3 is 2.95 bits per heavy atom. The second-order valence-corrected chi connectivity index (χ2v) is 7.05. The monoisotopic (exact) mass is 305 g/mol. The van der Waals surface area contributed by atoms with Crippen LogP contribution < -0.4 is 15.4 Å². The lowest BCUT2D eigenvalue weighted by Gasteiger charge is -2.23. The van der Waals surface area contributed by atoms with E-state index in [-0.39, 0.29) is 0 Å². The van der Waals surface area contributed by atoms with Crippen LogP contribution in [0.15, 0.2) is 18.2 Å². The summed E-state index contributed by atoms with van der Waals surface area (Å²) in [6.07, 6.45) is 2.33. The average Bonchev–Trinajstić information content (AvgIpc) is 2.87. The predicted octanol–water partition coefficient (Wildman–Crippen LogP) is 3.50. The lowest BCUT2D eigenvalue weighted by molar-refractivity contribution is 0.271. The van der Waals surface area contributed by atoms with E-state index in [4.69, 9.17) is 4.74 Å². The molecule has 3 rings (SSSR count). The molecular weight excluding hydrogens is 282 g/mol. The van der Waals surface area contributed by atoms with Crippen LogP contribution in [0.5, 0.6) is 5.75 Å². The van der Waals surface area contributed by atoms with Gasteiger partial charge in [-0.25, -0.2) is 4.98 Å². The van der Waals surface area contributed by atoms with Crippen LogP contribution in [0.4, 0.5) is 5.13 Å². The zero-order valence-corrected chi connectivity index (χ0v) is 13.5. The summed E-state index contributed by atoms with van der Waals surface area (Å²) in [5.41, 5.74) is 1.05. The minimum Gasteiger partial charge on any atom is -0.493 e. The fraction of sp³-hybridized carbons (Fsp3) is 0.562. The highest BCUT2D eigenvalue weighted by Crippen LogP contribution is 2.30. The molecule has 1 saturated heterocycles. The molecule has 1 aliphatic heterocycles. The fourth-order valence-corrected chi connectivity index (χ4v) is 3.43. The number of benzene rings is 1. The van der Waals surface area contributed by atoms with Crippen LogP contribution in [-0.4, -0.2) is 30.7 Å². The summed E-state index contributed by atoms with van der Waals surface area (Å²) < 4.78 is 6.97. The molecule has 21 heavy (non-hydrogen) atoms. The highest BCUT2D eigenvalue weighted by Gasteiger charge is 2.14. The molecule has 4 nitrogen and oxygen atoms in total. The standard InChI is InChI=1S/C16H23N3OS/c1-11(2)10-20-13-3-4-14-15(9-13)21-16(19-14)18-12-5-7-17-8-6-12/h3-4,9,11-12,17H,5-8,10H2,1-2H3,(H,18,19). The molecule has 1 aromatic carbocycles. The summed E-state index contributed by atoms with van der Waals surface area (Å²) in [4.78, 5) is 4.67. The van der Waals surface area contributed by atoms with Gasteiger partial charge in [0.1, 0.15) is 5.75 Å². The summed E-state index contributed by atoms with van der Waals surface area (Å²) in [5.74, 6) is 1.48. The van der Waals surface area contributed by atoms with Crippen molar-refractivity contribution in [2.75, 3.05) is 25.0 Å². The van der Waals surface area contributed by atoms with Crippen molar-refractivity contribution in [1.29, 1.82) is 0 Å². The average molecular weight is 305 g/mol. The first-order chi connectivity index (χ1) is 10.2. The number of ether oxygens (including phenoxy) is 1. The van der Waals surface area contributed by atoms with E-state index in [0.29, 0.717) is 12.0 Å². The molecule has 5 heteroatoms. The third-order valence-corrected chi connectivity index (χ3v) is 4.56. The lowest BCUT2D eigenvalue weighted by atomic mass is 10.1. The van der Waals surface area contributed by atoms with Gasteiger partial charge in [0.2, 0.25) is 0 Å². The number of fused-ring (bicyclic) bond motifs is 1. The van der Waals surface area contributed by atoms with E-state index >= 15 is 0 Å². The maximum Gasteiger partial charge on any atom is 0.184 e. The minimum absolute atomic E-state index is 0.541. The first-order valence-electron chi connectivity index (χ1n) is 7.71. The quantitative estimate of drug-likeness (QED) is 0.887. The van der Waals surface area contributed by atoms with Crippen molar-refractivity contribution in [2.45, 2.75) is 32.7 Å². The van der Waals surface area contributed by atoms with Gasteiger partial charge in [-0.15, -0.1) is 0 Å². The second-order valence-electron chi connectivity index (χ2n) is 6.02. The largest absolute Gasteiger partial charge is 0.493 e. The molecule has 1 aromatic heterocycles. The van der Waals surface area contributed by atoms with Gasteiger partial charge in [0.05, 0.1) is 16.8 Å². The molecule has 2 aromatic rings. The van der Waals surface area contributed by atoms with Crippen molar-refractivity contribution in [2.24, 2.45) is 5.92 Å². The molecular formula is C16H23N3OS.